The van der Waals surface area contributed by atoms with Gasteiger partial charge in [0, 0.05) is 18.1 Å². The molecular formula is C14H15Cl2NO3. The van der Waals surface area contributed by atoms with E-state index in [1.807, 2.05) is 0 Å². The standard InChI is InChI=1S/C14H15Cl2NO3/c1-20-14(19)9-3-2-6-17(8-9)13(18)11-5-4-10(15)7-12(11)16/h4-5,7,9H,2-3,6,8H2,1H3/t9-/m0/s1. The molecule has 2 rings (SSSR count). The molecule has 0 N–H and O–H groups in total. The fourth-order valence-corrected chi connectivity index (χ4v) is 2.84. The average Bonchev–Trinajstić information content (AvgIpc) is 2.46. The molecule has 1 aromatic carbocycles. The van der Waals surface area contributed by atoms with Gasteiger partial charge in [-0.1, -0.05) is 23.2 Å². The number of amides is 1. The van der Waals surface area contributed by atoms with Crippen LogP contribution in [0.2, 0.25) is 10.0 Å². The van der Waals surface area contributed by atoms with Gasteiger partial charge >= 0.3 is 5.97 Å². The fraction of sp³-hybridized carbons (Fsp3) is 0.429. The first kappa shape index (κ1) is 15.1. The number of carbonyl (C=O) groups is 2. The quantitative estimate of drug-likeness (QED) is 0.788. The van der Waals surface area contributed by atoms with Crippen LogP contribution in [0.4, 0.5) is 0 Å². The van der Waals surface area contributed by atoms with Crippen LogP contribution in [0.5, 0.6) is 0 Å². The highest BCUT2D eigenvalue weighted by molar-refractivity contribution is 6.36. The smallest absolute Gasteiger partial charge is 0.310 e. The number of halogens is 2. The van der Waals surface area contributed by atoms with Crippen LogP contribution < -0.4 is 0 Å². The average molecular weight is 316 g/mol. The van der Waals surface area contributed by atoms with Crippen molar-refractivity contribution in [3.8, 4) is 0 Å². The summed E-state index contributed by atoms with van der Waals surface area (Å²) in [5.74, 6) is -0.714. The number of methoxy groups -OCH3 is 1. The van der Waals surface area contributed by atoms with Crippen LogP contribution in [-0.2, 0) is 9.53 Å². The van der Waals surface area contributed by atoms with Gasteiger partial charge in [-0.15, -0.1) is 0 Å². The van der Waals surface area contributed by atoms with Crippen molar-refractivity contribution >= 4 is 35.1 Å². The Hall–Kier alpha value is -1.26. The maximum atomic E-state index is 12.4. The molecule has 4 nitrogen and oxygen atoms in total. The summed E-state index contributed by atoms with van der Waals surface area (Å²) in [6, 6.07) is 4.77. The van der Waals surface area contributed by atoms with Gasteiger partial charge in [0.1, 0.15) is 0 Å². The number of rotatable bonds is 2. The predicted molar refractivity (Wildman–Crippen MR) is 77.1 cm³/mol. The maximum Gasteiger partial charge on any atom is 0.310 e. The van der Waals surface area contributed by atoms with Crippen molar-refractivity contribution in [1.29, 1.82) is 0 Å². The molecule has 0 unspecified atom stereocenters. The first-order chi connectivity index (χ1) is 9.52. The highest BCUT2D eigenvalue weighted by atomic mass is 35.5. The third-order valence-electron chi connectivity index (χ3n) is 3.40. The van der Waals surface area contributed by atoms with Crippen LogP contribution in [0.1, 0.15) is 23.2 Å². The van der Waals surface area contributed by atoms with Gasteiger partial charge in [-0.2, -0.15) is 0 Å². The summed E-state index contributed by atoms with van der Waals surface area (Å²) in [5.41, 5.74) is 0.404. The molecule has 0 aliphatic carbocycles. The van der Waals surface area contributed by atoms with E-state index in [1.54, 1.807) is 17.0 Å². The van der Waals surface area contributed by atoms with Crippen molar-refractivity contribution in [2.45, 2.75) is 12.8 Å². The van der Waals surface area contributed by atoms with E-state index in [1.165, 1.54) is 13.2 Å². The van der Waals surface area contributed by atoms with E-state index in [-0.39, 0.29) is 17.8 Å². The molecule has 0 radical (unpaired) electrons. The lowest BCUT2D eigenvalue weighted by atomic mass is 9.97. The summed E-state index contributed by atoms with van der Waals surface area (Å²) in [5, 5.41) is 0.806. The second-order valence-electron chi connectivity index (χ2n) is 4.74. The van der Waals surface area contributed by atoms with E-state index in [2.05, 4.69) is 0 Å². The highest BCUT2D eigenvalue weighted by Crippen LogP contribution is 2.25. The second kappa shape index (κ2) is 6.46. The molecule has 6 heteroatoms. The van der Waals surface area contributed by atoms with Gasteiger partial charge in [0.15, 0.2) is 0 Å². The van der Waals surface area contributed by atoms with Gasteiger partial charge in [-0.25, -0.2) is 0 Å². The predicted octanol–water partition coefficient (Wildman–Crippen LogP) is 3.02. The molecule has 1 fully saturated rings. The molecule has 1 atom stereocenters. The summed E-state index contributed by atoms with van der Waals surface area (Å²) in [6.07, 6.45) is 1.52. The number of hydrogen-bond donors (Lipinski definition) is 0. The lowest BCUT2D eigenvalue weighted by molar-refractivity contribution is -0.146. The van der Waals surface area contributed by atoms with Crippen molar-refractivity contribution < 1.29 is 14.3 Å². The van der Waals surface area contributed by atoms with Crippen LogP contribution in [0.15, 0.2) is 18.2 Å². The van der Waals surface area contributed by atoms with E-state index in [4.69, 9.17) is 27.9 Å². The van der Waals surface area contributed by atoms with Crippen molar-refractivity contribution in [3.63, 3.8) is 0 Å². The number of nitrogens with zero attached hydrogens (tertiary/aromatic N) is 1. The summed E-state index contributed by atoms with van der Waals surface area (Å²) in [7, 11) is 1.36. The molecule has 0 bridgehead atoms. The monoisotopic (exact) mass is 315 g/mol. The van der Waals surface area contributed by atoms with E-state index in [0.29, 0.717) is 28.7 Å². The van der Waals surface area contributed by atoms with E-state index >= 15 is 0 Å². The fourth-order valence-electron chi connectivity index (χ4n) is 2.35. The molecule has 108 valence electrons. The van der Waals surface area contributed by atoms with Gasteiger partial charge < -0.3 is 9.64 Å². The number of hydrogen-bond acceptors (Lipinski definition) is 3. The number of ether oxygens (including phenoxy) is 1. The first-order valence-corrected chi connectivity index (χ1v) is 7.10. The molecule has 1 amide bonds. The molecule has 1 saturated heterocycles. The zero-order valence-electron chi connectivity index (χ0n) is 11.1. The van der Waals surface area contributed by atoms with E-state index < -0.39 is 0 Å². The first-order valence-electron chi connectivity index (χ1n) is 6.35. The number of piperidine rings is 1. The Morgan fingerprint density at radius 1 is 1.35 bits per heavy atom. The topological polar surface area (TPSA) is 46.6 Å². The minimum absolute atomic E-state index is 0.180. The third kappa shape index (κ3) is 3.25. The molecule has 1 aliphatic rings. The van der Waals surface area contributed by atoms with Crippen molar-refractivity contribution in [3.05, 3.63) is 33.8 Å². The van der Waals surface area contributed by atoms with Crippen LogP contribution in [-0.4, -0.2) is 37.0 Å². The Kier molecular flexibility index (Phi) is 4.89. The third-order valence-corrected chi connectivity index (χ3v) is 3.95. The Bertz CT molecular complexity index is 533. The SMILES string of the molecule is COC(=O)[C@H]1CCCN(C(=O)c2ccc(Cl)cc2Cl)C1. The molecule has 0 spiro atoms. The van der Waals surface area contributed by atoms with Gasteiger partial charge in [-0.3, -0.25) is 9.59 Å². The summed E-state index contributed by atoms with van der Waals surface area (Å²) in [6.45, 7) is 0.982. The molecule has 1 aliphatic heterocycles. The van der Waals surface area contributed by atoms with Gasteiger partial charge in [0.05, 0.1) is 23.6 Å². The Morgan fingerprint density at radius 2 is 2.10 bits per heavy atom. The molecular weight excluding hydrogens is 301 g/mol. The van der Waals surface area contributed by atoms with E-state index in [0.717, 1.165) is 12.8 Å². The van der Waals surface area contributed by atoms with Crippen LogP contribution >= 0.6 is 23.2 Å². The highest BCUT2D eigenvalue weighted by Gasteiger charge is 2.30. The Morgan fingerprint density at radius 3 is 2.75 bits per heavy atom. The van der Waals surface area contributed by atoms with Crippen molar-refractivity contribution in [1.82, 2.24) is 4.90 Å². The zero-order chi connectivity index (χ0) is 14.7. The van der Waals surface area contributed by atoms with Gasteiger partial charge in [-0.05, 0) is 31.0 Å². The molecule has 1 aromatic rings. The molecule has 1 heterocycles. The lowest BCUT2D eigenvalue weighted by Gasteiger charge is -2.31. The summed E-state index contributed by atoms with van der Waals surface area (Å²) in [4.78, 5) is 25.7. The summed E-state index contributed by atoms with van der Waals surface area (Å²) < 4.78 is 4.74. The van der Waals surface area contributed by atoms with Crippen LogP contribution in [0.25, 0.3) is 0 Å². The second-order valence-corrected chi connectivity index (χ2v) is 5.58. The number of likely N-dealkylation sites (tertiary alicyclic amines) is 1. The number of benzene rings is 1. The number of esters is 1. The normalized spacial score (nSPS) is 18.8. The molecule has 0 saturated carbocycles. The summed E-state index contributed by atoms with van der Waals surface area (Å²) >= 11 is 11.9. The molecule has 20 heavy (non-hydrogen) atoms. The van der Waals surface area contributed by atoms with Crippen LogP contribution in [0, 0.1) is 5.92 Å². The largest absolute Gasteiger partial charge is 0.469 e. The lowest BCUT2D eigenvalue weighted by Crippen LogP contribution is -2.42. The van der Waals surface area contributed by atoms with Crippen molar-refractivity contribution in [2.24, 2.45) is 5.92 Å². The van der Waals surface area contributed by atoms with Crippen LogP contribution in [0.3, 0.4) is 0 Å². The molecule has 0 aromatic heterocycles. The Balaban J connectivity index is 2.14. The number of carbonyl (C=O) groups excluding carboxylic acids is 2. The van der Waals surface area contributed by atoms with Crippen molar-refractivity contribution in [2.75, 3.05) is 20.2 Å². The van der Waals surface area contributed by atoms with Gasteiger partial charge in [0.25, 0.3) is 5.91 Å². The van der Waals surface area contributed by atoms with E-state index in [9.17, 15) is 9.59 Å². The Labute approximate surface area is 127 Å². The zero-order valence-corrected chi connectivity index (χ0v) is 12.6. The minimum Gasteiger partial charge on any atom is -0.469 e. The maximum absolute atomic E-state index is 12.4. The minimum atomic E-state index is -0.273. The van der Waals surface area contributed by atoms with Gasteiger partial charge in [0.2, 0.25) is 0 Å².